The van der Waals surface area contributed by atoms with Gasteiger partial charge < -0.3 is 5.11 Å². The number of carboxylic acids is 1. The lowest BCUT2D eigenvalue weighted by atomic mass is 10.2. The van der Waals surface area contributed by atoms with Crippen molar-refractivity contribution in [2.45, 2.75) is 0 Å². The number of rotatable bonds is 2. The topological polar surface area (TPSA) is 127 Å². The Hall–Kier alpha value is -2.62. The molecular weight excluding hydrogens is 324 g/mol. The van der Waals surface area contributed by atoms with Crippen molar-refractivity contribution in [3.05, 3.63) is 48.0 Å². The number of aromatic nitrogens is 2. The Bertz CT molecular complexity index is 971. The van der Waals surface area contributed by atoms with E-state index >= 15 is 0 Å². The van der Waals surface area contributed by atoms with E-state index in [9.17, 15) is 13.2 Å². The molecule has 1 heterocycles. The average molecular weight is 336 g/mol. The number of benzene rings is 2. The van der Waals surface area contributed by atoms with Gasteiger partial charge in [0.2, 0.25) is 0 Å². The van der Waals surface area contributed by atoms with Crippen LogP contribution in [-0.2, 0) is 14.6 Å². The summed E-state index contributed by atoms with van der Waals surface area (Å²) in [5.74, 6) is -0.957. The molecule has 0 atom stereocenters. The van der Waals surface area contributed by atoms with Crippen molar-refractivity contribution in [2.24, 2.45) is 0 Å². The summed E-state index contributed by atoms with van der Waals surface area (Å²) in [5.41, 5.74) is 3.10. The Labute approximate surface area is 131 Å². The zero-order valence-electron chi connectivity index (χ0n) is 11.9. The van der Waals surface area contributed by atoms with Gasteiger partial charge in [-0.15, -0.1) is 0 Å². The maximum Gasteiger partial charge on any atom is 0.397 e. The van der Waals surface area contributed by atoms with E-state index in [0.717, 1.165) is 18.1 Å². The van der Waals surface area contributed by atoms with Crippen LogP contribution in [0.5, 0.6) is 0 Å². The summed E-state index contributed by atoms with van der Waals surface area (Å²) in [6.07, 6.45) is 0. The van der Waals surface area contributed by atoms with E-state index in [1.165, 1.54) is 12.1 Å². The van der Waals surface area contributed by atoms with Crippen molar-refractivity contribution < 1.29 is 27.1 Å². The lowest BCUT2D eigenvalue weighted by molar-refractivity contribution is 0.0697. The van der Waals surface area contributed by atoms with Gasteiger partial charge in [0, 0.05) is 0 Å². The zero-order chi connectivity index (χ0) is 17.0. The number of para-hydroxylation sites is 2. The monoisotopic (exact) mass is 336 g/mol. The molecule has 0 saturated heterocycles. The van der Waals surface area contributed by atoms with Crippen molar-refractivity contribution >= 4 is 38.4 Å². The van der Waals surface area contributed by atoms with Crippen LogP contribution in [0.3, 0.4) is 0 Å². The first-order valence-electron chi connectivity index (χ1n) is 6.23. The molecule has 1 aromatic heterocycles. The Morgan fingerprint density at radius 3 is 1.96 bits per heavy atom. The maximum absolute atomic E-state index is 10.9. The van der Waals surface area contributed by atoms with Crippen LogP contribution in [0.25, 0.3) is 22.1 Å². The lowest BCUT2D eigenvalue weighted by Crippen LogP contribution is -1.96. The maximum atomic E-state index is 10.9. The Kier molecular flexibility index (Phi) is 4.84. The SMILES string of the molecule is COS(=O)(=O)O.O=C(O)c1ccc2nc3ccccc3nc2c1. The summed E-state index contributed by atoms with van der Waals surface area (Å²) in [6.45, 7) is 0. The van der Waals surface area contributed by atoms with Gasteiger partial charge in [-0.25, -0.2) is 14.8 Å². The highest BCUT2D eigenvalue weighted by Gasteiger charge is 2.06. The van der Waals surface area contributed by atoms with Gasteiger partial charge in [-0.3, -0.25) is 8.74 Å². The van der Waals surface area contributed by atoms with E-state index < -0.39 is 16.4 Å². The predicted octanol–water partition coefficient (Wildman–Crippen LogP) is 1.92. The molecule has 0 radical (unpaired) electrons. The van der Waals surface area contributed by atoms with E-state index in [0.29, 0.717) is 11.0 Å². The fourth-order valence-electron chi connectivity index (χ4n) is 1.75. The summed E-state index contributed by atoms with van der Waals surface area (Å²) in [7, 11) is -3.29. The van der Waals surface area contributed by atoms with Crippen LogP contribution in [0.4, 0.5) is 0 Å². The highest BCUT2D eigenvalue weighted by atomic mass is 32.3. The Morgan fingerprint density at radius 1 is 1.00 bits per heavy atom. The highest BCUT2D eigenvalue weighted by Crippen LogP contribution is 2.17. The van der Waals surface area contributed by atoms with E-state index in [-0.39, 0.29) is 5.56 Å². The van der Waals surface area contributed by atoms with E-state index in [1.807, 2.05) is 24.3 Å². The molecule has 3 aromatic rings. The first-order chi connectivity index (χ1) is 10.8. The molecule has 0 bridgehead atoms. The van der Waals surface area contributed by atoms with Gasteiger partial charge in [-0.05, 0) is 30.3 Å². The normalized spacial score (nSPS) is 11.0. The van der Waals surface area contributed by atoms with Gasteiger partial charge in [-0.2, -0.15) is 8.42 Å². The average Bonchev–Trinajstić information content (AvgIpc) is 2.52. The highest BCUT2D eigenvalue weighted by molar-refractivity contribution is 7.80. The summed E-state index contributed by atoms with van der Waals surface area (Å²) >= 11 is 0. The Morgan fingerprint density at radius 2 is 1.48 bits per heavy atom. The first kappa shape index (κ1) is 16.7. The third kappa shape index (κ3) is 4.42. The molecule has 0 spiro atoms. The van der Waals surface area contributed by atoms with Crippen molar-refractivity contribution in [1.29, 1.82) is 0 Å². The molecular formula is C14H12N2O6S. The standard InChI is InChI=1S/C13H8N2O2.CH4O4S/c16-13(17)8-5-6-11-12(7-8)15-10-4-2-1-3-9(10)14-11;1-5-6(2,3)4/h1-7H,(H,16,17);1H3,(H,2,3,4). The van der Waals surface area contributed by atoms with Gasteiger partial charge in [0.25, 0.3) is 0 Å². The Balaban J connectivity index is 0.000000277. The minimum atomic E-state index is -4.16. The molecule has 23 heavy (non-hydrogen) atoms. The van der Waals surface area contributed by atoms with Crippen LogP contribution < -0.4 is 0 Å². The molecule has 8 nitrogen and oxygen atoms in total. The second-order valence-corrected chi connectivity index (χ2v) is 5.50. The summed E-state index contributed by atoms with van der Waals surface area (Å²) in [6, 6.07) is 12.3. The molecule has 0 saturated carbocycles. The quantitative estimate of drug-likeness (QED) is 0.537. The number of nitrogens with zero attached hydrogens (tertiary/aromatic N) is 2. The van der Waals surface area contributed by atoms with Gasteiger partial charge in [-0.1, -0.05) is 12.1 Å². The molecule has 0 aliphatic carbocycles. The molecule has 2 N–H and O–H groups in total. The van der Waals surface area contributed by atoms with Gasteiger partial charge >= 0.3 is 16.4 Å². The molecule has 2 aromatic carbocycles. The van der Waals surface area contributed by atoms with Crippen molar-refractivity contribution in [3.8, 4) is 0 Å². The molecule has 0 fully saturated rings. The largest absolute Gasteiger partial charge is 0.478 e. The number of hydrogen-bond acceptors (Lipinski definition) is 6. The van der Waals surface area contributed by atoms with Gasteiger partial charge in [0.05, 0.1) is 34.7 Å². The first-order valence-corrected chi connectivity index (χ1v) is 7.59. The number of carboxylic acid groups (broad SMARTS) is 1. The molecule has 3 rings (SSSR count). The van der Waals surface area contributed by atoms with Crippen LogP contribution in [0, 0.1) is 0 Å². The van der Waals surface area contributed by atoms with E-state index in [4.69, 9.17) is 9.66 Å². The second kappa shape index (κ2) is 6.65. The molecule has 120 valence electrons. The summed E-state index contributed by atoms with van der Waals surface area (Å²) in [5, 5.41) is 8.91. The van der Waals surface area contributed by atoms with Crippen molar-refractivity contribution in [3.63, 3.8) is 0 Å². The lowest BCUT2D eigenvalue weighted by Gasteiger charge is -2.01. The van der Waals surface area contributed by atoms with Crippen LogP contribution in [0.1, 0.15) is 10.4 Å². The number of carbonyl (C=O) groups is 1. The fourth-order valence-corrected chi connectivity index (χ4v) is 1.75. The second-order valence-electron chi connectivity index (χ2n) is 4.32. The number of fused-ring (bicyclic) bond motifs is 2. The van der Waals surface area contributed by atoms with Gasteiger partial charge in [0.1, 0.15) is 0 Å². The molecule has 0 aliphatic rings. The molecule has 0 aliphatic heterocycles. The van der Waals surface area contributed by atoms with Crippen LogP contribution in [0.2, 0.25) is 0 Å². The predicted molar refractivity (Wildman–Crippen MR) is 82.6 cm³/mol. The summed E-state index contributed by atoms with van der Waals surface area (Å²) < 4.78 is 29.7. The third-order valence-corrected chi connectivity index (χ3v) is 3.22. The van der Waals surface area contributed by atoms with Crippen LogP contribution in [-0.4, -0.2) is 41.1 Å². The minimum absolute atomic E-state index is 0.224. The number of aromatic carboxylic acids is 1. The van der Waals surface area contributed by atoms with Crippen molar-refractivity contribution in [2.75, 3.05) is 7.11 Å². The fraction of sp³-hybridized carbons (Fsp3) is 0.0714. The molecule has 0 unspecified atom stereocenters. The third-order valence-electron chi connectivity index (χ3n) is 2.80. The summed E-state index contributed by atoms with van der Waals surface area (Å²) in [4.78, 5) is 19.7. The number of hydrogen-bond donors (Lipinski definition) is 2. The van der Waals surface area contributed by atoms with Crippen molar-refractivity contribution in [1.82, 2.24) is 9.97 Å². The van der Waals surface area contributed by atoms with Crippen LogP contribution in [0.15, 0.2) is 42.5 Å². The smallest absolute Gasteiger partial charge is 0.397 e. The molecule has 0 amide bonds. The van der Waals surface area contributed by atoms with E-state index in [2.05, 4.69) is 14.2 Å². The zero-order valence-corrected chi connectivity index (χ0v) is 12.7. The van der Waals surface area contributed by atoms with Gasteiger partial charge in [0.15, 0.2) is 0 Å². The van der Waals surface area contributed by atoms with Crippen LogP contribution >= 0.6 is 0 Å². The minimum Gasteiger partial charge on any atom is -0.478 e. The molecule has 9 heteroatoms. The van der Waals surface area contributed by atoms with E-state index in [1.54, 1.807) is 6.07 Å².